The van der Waals surface area contributed by atoms with Crippen LogP contribution in [0.25, 0.3) is 0 Å². The molecule has 2 unspecified atom stereocenters. The van der Waals surface area contributed by atoms with Gasteiger partial charge in [0, 0.05) is 13.7 Å². The van der Waals surface area contributed by atoms with Crippen LogP contribution in [0.1, 0.15) is 20.8 Å². The maximum Gasteiger partial charge on any atom is 0.242 e. The van der Waals surface area contributed by atoms with Gasteiger partial charge in [0.25, 0.3) is 0 Å². The molecule has 0 aliphatic heterocycles. The number of methoxy groups -OCH3 is 1. The molecule has 2 amide bonds. The summed E-state index contributed by atoms with van der Waals surface area (Å²) in [5, 5.41) is 5.21. The maximum atomic E-state index is 11.6. The predicted molar refractivity (Wildman–Crippen MR) is 65.3 cm³/mol. The van der Waals surface area contributed by atoms with E-state index < -0.39 is 12.1 Å². The molecule has 0 aromatic carbocycles. The second kappa shape index (κ2) is 8.03. The lowest BCUT2D eigenvalue weighted by Crippen LogP contribution is -2.52. The van der Waals surface area contributed by atoms with Crippen molar-refractivity contribution in [3.8, 4) is 0 Å². The highest BCUT2D eigenvalue weighted by Gasteiger charge is 2.21. The molecule has 0 rings (SSSR count). The van der Waals surface area contributed by atoms with Crippen LogP contribution in [0, 0.1) is 5.92 Å². The quantitative estimate of drug-likeness (QED) is 0.514. The summed E-state index contributed by atoms with van der Waals surface area (Å²) in [6.07, 6.45) is 0. The van der Waals surface area contributed by atoms with E-state index in [-0.39, 0.29) is 17.7 Å². The van der Waals surface area contributed by atoms with Crippen molar-refractivity contribution in [3.05, 3.63) is 0 Å². The summed E-state index contributed by atoms with van der Waals surface area (Å²) in [5.74, 6) is -0.514. The number of hydrogen-bond acceptors (Lipinski definition) is 4. The molecule has 0 fully saturated rings. The standard InChI is InChI=1S/C11H23N3O3/c1-7(2)9(12)11(16)14-8(3)10(15)13-5-6-17-4/h7-9H,5-6,12H2,1-4H3,(H,13,15)(H,14,16). The van der Waals surface area contributed by atoms with E-state index in [2.05, 4.69) is 10.6 Å². The Labute approximate surface area is 102 Å². The molecule has 0 saturated heterocycles. The van der Waals surface area contributed by atoms with E-state index in [0.717, 1.165) is 0 Å². The van der Waals surface area contributed by atoms with Gasteiger partial charge in [-0.2, -0.15) is 0 Å². The summed E-state index contributed by atoms with van der Waals surface area (Å²) >= 11 is 0. The summed E-state index contributed by atoms with van der Waals surface area (Å²) in [7, 11) is 1.55. The number of amides is 2. The number of ether oxygens (including phenoxy) is 1. The number of carbonyl (C=O) groups excluding carboxylic acids is 2. The third-order valence-electron chi connectivity index (χ3n) is 2.38. The first-order valence-electron chi connectivity index (χ1n) is 5.72. The molecule has 6 nitrogen and oxygen atoms in total. The molecule has 4 N–H and O–H groups in total. The highest BCUT2D eigenvalue weighted by molar-refractivity contribution is 5.89. The second-order valence-corrected chi connectivity index (χ2v) is 4.28. The van der Waals surface area contributed by atoms with E-state index in [4.69, 9.17) is 10.5 Å². The highest BCUT2D eigenvalue weighted by atomic mass is 16.5. The normalized spacial score (nSPS) is 14.2. The van der Waals surface area contributed by atoms with Crippen LogP contribution >= 0.6 is 0 Å². The first-order valence-corrected chi connectivity index (χ1v) is 5.72. The van der Waals surface area contributed by atoms with Gasteiger partial charge in [-0.05, 0) is 12.8 Å². The molecule has 0 aromatic heterocycles. The van der Waals surface area contributed by atoms with E-state index in [0.29, 0.717) is 13.2 Å². The van der Waals surface area contributed by atoms with Gasteiger partial charge >= 0.3 is 0 Å². The van der Waals surface area contributed by atoms with E-state index >= 15 is 0 Å². The Morgan fingerprint density at radius 3 is 2.29 bits per heavy atom. The van der Waals surface area contributed by atoms with Crippen molar-refractivity contribution in [3.63, 3.8) is 0 Å². The molecular weight excluding hydrogens is 222 g/mol. The third-order valence-corrected chi connectivity index (χ3v) is 2.38. The zero-order valence-electron chi connectivity index (χ0n) is 10.9. The zero-order valence-corrected chi connectivity index (χ0v) is 10.9. The van der Waals surface area contributed by atoms with Gasteiger partial charge < -0.3 is 21.1 Å². The number of hydrogen-bond donors (Lipinski definition) is 3. The minimum absolute atomic E-state index is 0.0405. The third kappa shape index (κ3) is 6.23. The molecule has 0 aliphatic carbocycles. The fourth-order valence-corrected chi connectivity index (χ4v) is 1.11. The van der Waals surface area contributed by atoms with E-state index in [1.807, 2.05) is 13.8 Å². The number of nitrogens with one attached hydrogen (secondary N) is 2. The van der Waals surface area contributed by atoms with Gasteiger partial charge in [0.1, 0.15) is 6.04 Å². The lowest BCUT2D eigenvalue weighted by atomic mass is 10.0. The fourth-order valence-electron chi connectivity index (χ4n) is 1.11. The Bertz CT molecular complexity index is 256. The summed E-state index contributed by atoms with van der Waals surface area (Å²) in [5.41, 5.74) is 5.67. The van der Waals surface area contributed by atoms with Crippen LogP contribution in [0.2, 0.25) is 0 Å². The Morgan fingerprint density at radius 2 is 1.82 bits per heavy atom. The maximum absolute atomic E-state index is 11.6. The van der Waals surface area contributed by atoms with E-state index in [1.165, 1.54) is 0 Å². The minimum atomic E-state index is -0.593. The van der Waals surface area contributed by atoms with Crippen LogP contribution in [0.4, 0.5) is 0 Å². The smallest absolute Gasteiger partial charge is 0.242 e. The van der Waals surface area contributed by atoms with Gasteiger partial charge in [-0.1, -0.05) is 13.8 Å². The van der Waals surface area contributed by atoms with Gasteiger partial charge in [-0.15, -0.1) is 0 Å². The average molecular weight is 245 g/mol. The van der Waals surface area contributed by atoms with Crippen molar-refractivity contribution >= 4 is 11.8 Å². The summed E-state index contributed by atoms with van der Waals surface area (Å²) in [6.45, 7) is 6.19. The zero-order chi connectivity index (χ0) is 13.4. The highest BCUT2D eigenvalue weighted by Crippen LogP contribution is 1.98. The predicted octanol–water partition coefficient (Wildman–Crippen LogP) is -0.763. The van der Waals surface area contributed by atoms with Gasteiger partial charge in [-0.3, -0.25) is 9.59 Å². The van der Waals surface area contributed by atoms with E-state index in [9.17, 15) is 9.59 Å². The molecule has 0 spiro atoms. The molecule has 0 saturated carbocycles. The fraction of sp³-hybridized carbons (Fsp3) is 0.818. The molecule has 0 radical (unpaired) electrons. The summed E-state index contributed by atoms with van der Waals surface area (Å²) in [4.78, 5) is 23.1. The van der Waals surface area contributed by atoms with Crippen molar-refractivity contribution in [1.29, 1.82) is 0 Å². The minimum Gasteiger partial charge on any atom is -0.383 e. The van der Waals surface area contributed by atoms with Crippen LogP contribution in [0.3, 0.4) is 0 Å². The summed E-state index contributed by atoms with van der Waals surface area (Å²) < 4.78 is 4.80. The second-order valence-electron chi connectivity index (χ2n) is 4.28. The largest absolute Gasteiger partial charge is 0.383 e. The number of nitrogens with two attached hydrogens (primary N) is 1. The SMILES string of the molecule is COCCNC(=O)C(C)NC(=O)C(N)C(C)C. The monoisotopic (exact) mass is 245 g/mol. The van der Waals surface area contributed by atoms with E-state index in [1.54, 1.807) is 14.0 Å². The molecule has 2 atom stereocenters. The van der Waals surface area contributed by atoms with Crippen LogP contribution in [0.15, 0.2) is 0 Å². The average Bonchev–Trinajstić information content (AvgIpc) is 2.27. The Kier molecular flexibility index (Phi) is 7.49. The number of rotatable bonds is 7. The Balaban J connectivity index is 4.03. The Hall–Kier alpha value is -1.14. The first kappa shape index (κ1) is 15.9. The Morgan fingerprint density at radius 1 is 1.24 bits per heavy atom. The van der Waals surface area contributed by atoms with Gasteiger partial charge in [0.05, 0.1) is 12.6 Å². The van der Waals surface area contributed by atoms with Crippen molar-refractivity contribution in [2.75, 3.05) is 20.3 Å². The van der Waals surface area contributed by atoms with Gasteiger partial charge in [0.15, 0.2) is 0 Å². The van der Waals surface area contributed by atoms with Crippen molar-refractivity contribution < 1.29 is 14.3 Å². The molecular formula is C11H23N3O3. The van der Waals surface area contributed by atoms with Crippen LogP contribution in [-0.2, 0) is 14.3 Å². The molecule has 100 valence electrons. The molecule has 17 heavy (non-hydrogen) atoms. The van der Waals surface area contributed by atoms with Crippen molar-refractivity contribution in [1.82, 2.24) is 10.6 Å². The van der Waals surface area contributed by atoms with Crippen LogP contribution in [-0.4, -0.2) is 44.2 Å². The lowest BCUT2D eigenvalue weighted by molar-refractivity contribution is -0.129. The molecule has 0 aliphatic rings. The van der Waals surface area contributed by atoms with Gasteiger partial charge in [-0.25, -0.2) is 0 Å². The van der Waals surface area contributed by atoms with Gasteiger partial charge in [0.2, 0.25) is 11.8 Å². The molecule has 0 aromatic rings. The summed E-state index contributed by atoms with van der Waals surface area (Å²) in [6, 6.07) is -1.19. The van der Waals surface area contributed by atoms with Crippen molar-refractivity contribution in [2.24, 2.45) is 11.7 Å². The van der Waals surface area contributed by atoms with Crippen LogP contribution in [0.5, 0.6) is 0 Å². The molecule has 6 heteroatoms. The first-order chi connectivity index (χ1) is 7.90. The molecule has 0 heterocycles. The van der Waals surface area contributed by atoms with Crippen LogP contribution < -0.4 is 16.4 Å². The molecule has 0 bridgehead atoms. The van der Waals surface area contributed by atoms with Crippen molar-refractivity contribution in [2.45, 2.75) is 32.9 Å². The lowest BCUT2D eigenvalue weighted by Gasteiger charge is -2.19. The topological polar surface area (TPSA) is 93.5 Å². The number of carbonyl (C=O) groups is 2.